The van der Waals surface area contributed by atoms with Gasteiger partial charge in [0.1, 0.15) is 5.82 Å². The van der Waals surface area contributed by atoms with Gasteiger partial charge in [-0.2, -0.15) is 0 Å². The van der Waals surface area contributed by atoms with E-state index in [1.54, 1.807) is 0 Å². The van der Waals surface area contributed by atoms with Crippen LogP contribution in [0, 0.1) is 5.82 Å². The lowest BCUT2D eigenvalue weighted by atomic mass is 10.0. The lowest BCUT2D eigenvalue weighted by Gasteiger charge is -2.34. The number of carbonyl (C=O) groups excluding carboxylic acids is 1. The van der Waals surface area contributed by atoms with Crippen molar-refractivity contribution in [1.29, 1.82) is 0 Å². The molecule has 7 nitrogen and oxygen atoms in total. The van der Waals surface area contributed by atoms with Gasteiger partial charge in [-0.25, -0.2) is 4.39 Å². The fourth-order valence-electron chi connectivity index (χ4n) is 4.52. The first kappa shape index (κ1) is 24.5. The zero-order valence-corrected chi connectivity index (χ0v) is 19.5. The minimum Gasteiger partial charge on any atom is -0.379 e. The number of hydrogen-bond acceptors (Lipinski definition) is 4. The maximum atomic E-state index is 13.5. The molecule has 1 aromatic carbocycles. The lowest BCUT2D eigenvalue weighted by molar-refractivity contribution is -0.129. The summed E-state index contributed by atoms with van der Waals surface area (Å²) in [6.45, 7) is 10.2. The molecule has 2 atom stereocenters. The number of halogens is 1. The molecule has 0 bridgehead atoms. The van der Waals surface area contributed by atoms with E-state index in [0.29, 0.717) is 26.2 Å². The number of amides is 1. The van der Waals surface area contributed by atoms with Crippen LogP contribution < -0.4 is 10.6 Å². The van der Waals surface area contributed by atoms with Crippen molar-refractivity contribution < 1.29 is 13.9 Å². The van der Waals surface area contributed by atoms with Crippen LogP contribution >= 0.6 is 0 Å². The van der Waals surface area contributed by atoms with E-state index in [9.17, 15) is 9.18 Å². The Hall–Kier alpha value is -2.19. The average Bonchev–Trinajstić information content (AvgIpc) is 3.24. The first-order chi connectivity index (χ1) is 15.6. The third kappa shape index (κ3) is 6.90. The van der Waals surface area contributed by atoms with E-state index in [4.69, 9.17) is 9.73 Å². The van der Waals surface area contributed by atoms with Crippen LogP contribution in [0.3, 0.4) is 0 Å². The number of rotatable bonds is 10. The van der Waals surface area contributed by atoms with Gasteiger partial charge in [-0.05, 0) is 43.9 Å². The quantitative estimate of drug-likeness (QED) is 0.426. The summed E-state index contributed by atoms with van der Waals surface area (Å²) in [6, 6.07) is 7.08. The fraction of sp³-hybridized carbons (Fsp3) is 0.667. The van der Waals surface area contributed by atoms with Crippen LogP contribution in [0.2, 0.25) is 0 Å². The van der Waals surface area contributed by atoms with Crippen LogP contribution in [0.4, 0.5) is 4.39 Å². The summed E-state index contributed by atoms with van der Waals surface area (Å²) in [5.74, 6) is 0.829. The normalized spacial score (nSPS) is 19.8. The van der Waals surface area contributed by atoms with Gasteiger partial charge in [-0.1, -0.05) is 19.1 Å². The minimum atomic E-state index is -0.227. The smallest absolute Gasteiger partial charge is 0.222 e. The van der Waals surface area contributed by atoms with E-state index < -0.39 is 0 Å². The molecule has 2 aliphatic rings. The summed E-state index contributed by atoms with van der Waals surface area (Å²) in [6.07, 6.45) is 3.52. The first-order valence-electron chi connectivity index (χ1n) is 12.0. The second-order valence-corrected chi connectivity index (χ2v) is 8.40. The van der Waals surface area contributed by atoms with Crippen LogP contribution in [-0.4, -0.2) is 80.2 Å². The predicted octanol–water partition coefficient (Wildman–Crippen LogP) is 2.55. The maximum absolute atomic E-state index is 13.5. The van der Waals surface area contributed by atoms with Crippen LogP contribution in [0.5, 0.6) is 0 Å². The molecule has 3 rings (SSSR count). The number of morpholine rings is 1. The van der Waals surface area contributed by atoms with E-state index in [2.05, 4.69) is 22.5 Å². The molecule has 2 unspecified atom stereocenters. The van der Waals surface area contributed by atoms with Crippen molar-refractivity contribution in [3.05, 3.63) is 35.6 Å². The van der Waals surface area contributed by atoms with Gasteiger partial charge in [-0.15, -0.1) is 0 Å². The number of benzene rings is 1. The number of aliphatic imine (C=N–C) groups is 1. The average molecular weight is 448 g/mol. The molecule has 0 saturated carbocycles. The largest absolute Gasteiger partial charge is 0.379 e. The summed E-state index contributed by atoms with van der Waals surface area (Å²) in [5, 5.41) is 6.77. The summed E-state index contributed by atoms with van der Waals surface area (Å²) in [4.78, 5) is 21.3. The lowest BCUT2D eigenvalue weighted by Crippen LogP contribution is -2.43. The topological polar surface area (TPSA) is 69.2 Å². The number of nitrogens with one attached hydrogen (secondary N) is 2. The Labute approximate surface area is 191 Å². The fourth-order valence-corrected chi connectivity index (χ4v) is 4.52. The molecule has 178 valence electrons. The Balaban J connectivity index is 1.62. The molecular formula is C24H38FN5O2. The third-order valence-corrected chi connectivity index (χ3v) is 6.30. The molecule has 1 aromatic rings. The Kier molecular flexibility index (Phi) is 9.74. The van der Waals surface area contributed by atoms with Crippen molar-refractivity contribution in [2.75, 3.05) is 52.5 Å². The number of likely N-dealkylation sites (tertiary alicyclic amines) is 1. The molecule has 0 aliphatic carbocycles. The molecule has 8 heteroatoms. The first-order valence-corrected chi connectivity index (χ1v) is 12.0. The summed E-state index contributed by atoms with van der Waals surface area (Å²) in [7, 11) is 0. The molecular weight excluding hydrogens is 409 g/mol. The van der Waals surface area contributed by atoms with Gasteiger partial charge in [0.15, 0.2) is 5.96 Å². The van der Waals surface area contributed by atoms with Crippen LogP contribution in [0.15, 0.2) is 29.3 Å². The zero-order chi connectivity index (χ0) is 22.8. The molecule has 2 heterocycles. The zero-order valence-electron chi connectivity index (χ0n) is 19.5. The van der Waals surface area contributed by atoms with Gasteiger partial charge in [0.05, 0.1) is 25.8 Å². The third-order valence-electron chi connectivity index (χ3n) is 6.30. The van der Waals surface area contributed by atoms with Crippen molar-refractivity contribution in [3.63, 3.8) is 0 Å². The highest BCUT2D eigenvalue weighted by molar-refractivity contribution is 5.80. The minimum absolute atomic E-state index is 0.0700. The van der Waals surface area contributed by atoms with E-state index >= 15 is 0 Å². The molecule has 32 heavy (non-hydrogen) atoms. The number of hydrogen-bond donors (Lipinski definition) is 2. The Morgan fingerprint density at radius 3 is 2.53 bits per heavy atom. The van der Waals surface area contributed by atoms with Gasteiger partial charge in [0.2, 0.25) is 5.91 Å². The van der Waals surface area contributed by atoms with Crippen LogP contribution in [-0.2, 0) is 9.53 Å². The number of ether oxygens (including phenoxy) is 1. The highest BCUT2D eigenvalue weighted by Gasteiger charge is 2.26. The second-order valence-electron chi connectivity index (χ2n) is 8.40. The molecule has 0 radical (unpaired) electrons. The molecule has 2 fully saturated rings. The molecule has 1 amide bonds. The number of nitrogens with zero attached hydrogens (tertiary/aromatic N) is 3. The van der Waals surface area contributed by atoms with Gasteiger partial charge < -0.3 is 20.3 Å². The van der Waals surface area contributed by atoms with Crippen molar-refractivity contribution in [3.8, 4) is 0 Å². The van der Waals surface area contributed by atoms with Crippen molar-refractivity contribution in [2.45, 2.75) is 51.6 Å². The van der Waals surface area contributed by atoms with Gasteiger partial charge in [0, 0.05) is 45.2 Å². The monoisotopic (exact) mass is 447 g/mol. The van der Waals surface area contributed by atoms with E-state index in [0.717, 1.165) is 63.5 Å². The molecule has 0 aromatic heterocycles. The SMILES string of the molecule is CCNC(=NCC(c1ccc(F)cc1)N1CCOCC1)NCCC(CC)N1CCCC1=O. The molecule has 2 aliphatic heterocycles. The maximum Gasteiger partial charge on any atom is 0.222 e. The Bertz CT molecular complexity index is 736. The summed E-state index contributed by atoms with van der Waals surface area (Å²) in [5.41, 5.74) is 1.06. The standard InChI is InChI=1S/C24H38FN5O2/c1-3-21(30-13-5-6-23(30)31)11-12-27-24(26-4-2)28-18-22(29-14-16-32-17-15-29)19-7-9-20(25)10-8-19/h7-10,21-22H,3-6,11-18H2,1-2H3,(H2,26,27,28). The van der Waals surface area contributed by atoms with Gasteiger partial charge in [-0.3, -0.25) is 14.7 Å². The molecule has 2 N–H and O–H groups in total. The molecule has 0 spiro atoms. The van der Waals surface area contributed by atoms with Gasteiger partial charge in [0.25, 0.3) is 0 Å². The summed E-state index contributed by atoms with van der Waals surface area (Å²) >= 11 is 0. The number of carbonyl (C=O) groups is 1. The predicted molar refractivity (Wildman–Crippen MR) is 125 cm³/mol. The highest BCUT2D eigenvalue weighted by Crippen LogP contribution is 2.23. The van der Waals surface area contributed by atoms with E-state index in [-0.39, 0.29) is 23.8 Å². The van der Waals surface area contributed by atoms with E-state index in [1.807, 2.05) is 24.0 Å². The van der Waals surface area contributed by atoms with Crippen LogP contribution in [0.1, 0.15) is 51.1 Å². The number of guanidine groups is 1. The van der Waals surface area contributed by atoms with Crippen LogP contribution in [0.25, 0.3) is 0 Å². The van der Waals surface area contributed by atoms with E-state index in [1.165, 1.54) is 12.1 Å². The Morgan fingerprint density at radius 2 is 1.91 bits per heavy atom. The second kappa shape index (κ2) is 12.7. The summed E-state index contributed by atoms with van der Waals surface area (Å²) < 4.78 is 19.0. The van der Waals surface area contributed by atoms with Gasteiger partial charge >= 0.3 is 0 Å². The highest BCUT2D eigenvalue weighted by atomic mass is 19.1. The van der Waals surface area contributed by atoms with Crippen molar-refractivity contribution in [2.24, 2.45) is 4.99 Å². The molecule has 2 saturated heterocycles. The Morgan fingerprint density at radius 1 is 1.16 bits per heavy atom. The van der Waals surface area contributed by atoms with Crippen molar-refractivity contribution >= 4 is 11.9 Å². The van der Waals surface area contributed by atoms with Crippen molar-refractivity contribution in [1.82, 2.24) is 20.4 Å².